The van der Waals surface area contributed by atoms with Crippen LogP contribution >= 0.6 is 12.2 Å². The fourth-order valence-corrected chi connectivity index (χ4v) is 4.29. The SMILES string of the molecule is O=C(Cc1ccccc1)N1CCN(C(=S)Nc2ccc([N+](=O)[O-])cc2)C(c2ccccc2)C1. The Morgan fingerprint density at radius 1 is 0.970 bits per heavy atom. The quantitative estimate of drug-likeness (QED) is 0.345. The summed E-state index contributed by atoms with van der Waals surface area (Å²) in [5.74, 6) is 0.0935. The predicted octanol–water partition coefficient (Wildman–Crippen LogP) is 4.42. The lowest BCUT2D eigenvalue weighted by Crippen LogP contribution is -2.53. The second-order valence-corrected chi connectivity index (χ2v) is 8.24. The summed E-state index contributed by atoms with van der Waals surface area (Å²) in [6.45, 7) is 1.67. The molecule has 1 unspecified atom stereocenters. The van der Waals surface area contributed by atoms with Gasteiger partial charge in [0.2, 0.25) is 5.91 Å². The van der Waals surface area contributed by atoms with Crippen molar-refractivity contribution in [3.8, 4) is 0 Å². The van der Waals surface area contributed by atoms with Crippen LogP contribution in [0, 0.1) is 10.1 Å². The van der Waals surface area contributed by atoms with E-state index in [1.165, 1.54) is 12.1 Å². The molecular formula is C25H24N4O3S. The third-order valence-electron chi connectivity index (χ3n) is 5.71. The van der Waals surface area contributed by atoms with Crippen molar-refractivity contribution in [1.29, 1.82) is 0 Å². The van der Waals surface area contributed by atoms with Gasteiger partial charge in [0.25, 0.3) is 5.69 Å². The van der Waals surface area contributed by atoms with Crippen LogP contribution in [0.15, 0.2) is 84.9 Å². The number of carbonyl (C=O) groups is 1. The molecule has 1 aliphatic rings. The number of anilines is 1. The zero-order valence-electron chi connectivity index (χ0n) is 18.0. The molecule has 8 heteroatoms. The van der Waals surface area contributed by atoms with Crippen LogP contribution in [0.25, 0.3) is 0 Å². The number of rotatable bonds is 5. The highest BCUT2D eigenvalue weighted by Crippen LogP contribution is 2.27. The van der Waals surface area contributed by atoms with E-state index in [2.05, 4.69) is 10.2 Å². The van der Waals surface area contributed by atoms with Crippen LogP contribution < -0.4 is 5.32 Å². The first-order valence-corrected chi connectivity index (χ1v) is 11.1. The Balaban J connectivity index is 1.49. The molecule has 0 aromatic heterocycles. The lowest BCUT2D eigenvalue weighted by molar-refractivity contribution is -0.384. The first-order chi connectivity index (χ1) is 16.0. The summed E-state index contributed by atoms with van der Waals surface area (Å²) in [4.78, 5) is 27.5. The summed E-state index contributed by atoms with van der Waals surface area (Å²) in [6, 6.07) is 25.8. The summed E-state index contributed by atoms with van der Waals surface area (Å²) < 4.78 is 0. The summed E-state index contributed by atoms with van der Waals surface area (Å²) in [5, 5.41) is 14.6. The van der Waals surface area contributed by atoms with Crippen molar-refractivity contribution >= 4 is 34.6 Å². The van der Waals surface area contributed by atoms with Gasteiger partial charge in [0, 0.05) is 37.5 Å². The predicted molar refractivity (Wildman–Crippen MR) is 132 cm³/mol. The van der Waals surface area contributed by atoms with Gasteiger partial charge < -0.3 is 15.1 Å². The lowest BCUT2D eigenvalue weighted by atomic mass is 10.0. The molecular weight excluding hydrogens is 436 g/mol. The van der Waals surface area contributed by atoms with E-state index in [0.29, 0.717) is 36.9 Å². The van der Waals surface area contributed by atoms with E-state index in [1.807, 2.05) is 65.6 Å². The van der Waals surface area contributed by atoms with Crippen LogP contribution in [0.1, 0.15) is 17.2 Å². The third-order valence-corrected chi connectivity index (χ3v) is 6.04. The van der Waals surface area contributed by atoms with E-state index >= 15 is 0 Å². The number of non-ortho nitro benzene ring substituents is 1. The monoisotopic (exact) mass is 460 g/mol. The fraction of sp³-hybridized carbons (Fsp3) is 0.200. The van der Waals surface area contributed by atoms with E-state index in [0.717, 1.165) is 11.1 Å². The molecule has 1 amide bonds. The number of amides is 1. The van der Waals surface area contributed by atoms with Crippen LogP contribution in [0.5, 0.6) is 0 Å². The van der Waals surface area contributed by atoms with Crippen molar-refractivity contribution in [1.82, 2.24) is 9.80 Å². The number of hydrogen-bond acceptors (Lipinski definition) is 4. The van der Waals surface area contributed by atoms with Crippen molar-refractivity contribution in [3.63, 3.8) is 0 Å². The second-order valence-electron chi connectivity index (χ2n) is 7.86. The van der Waals surface area contributed by atoms with Gasteiger partial charge in [-0.2, -0.15) is 0 Å². The van der Waals surface area contributed by atoms with Crippen molar-refractivity contribution in [2.24, 2.45) is 0 Å². The minimum absolute atomic E-state index is 0.0270. The number of thiocarbonyl (C=S) groups is 1. The number of piperazine rings is 1. The first-order valence-electron chi connectivity index (χ1n) is 10.7. The molecule has 0 saturated carbocycles. The minimum atomic E-state index is -0.431. The number of nitro benzene ring substituents is 1. The summed E-state index contributed by atoms with van der Waals surface area (Å²) in [6.07, 6.45) is 0.369. The zero-order chi connectivity index (χ0) is 23.2. The van der Waals surface area contributed by atoms with Gasteiger partial charge in [-0.05, 0) is 35.5 Å². The highest BCUT2D eigenvalue weighted by atomic mass is 32.1. The largest absolute Gasteiger partial charge is 0.338 e. The van der Waals surface area contributed by atoms with E-state index in [1.54, 1.807) is 12.1 Å². The third kappa shape index (κ3) is 5.53. The van der Waals surface area contributed by atoms with Crippen LogP contribution in [0.2, 0.25) is 0 Å². The average Bonchev–Trinajstić information content (AvgIpc) is 2.85. The summed E-state index contributed by atoms with van der Waals surface area (Å²) in [7, 11) is 0. The maximum absolute atomic E-state index is 13.0. The molecule has 33 heavy (non-hydrogen) atoms. The standard InChI is InChI=1S/C25H24N4O3S/c30-24(17-19-7-3-1-4-8-19)27-15-16-28(23(18-27)20-9-5-2-6-10-20)25(33)26-21-11-13-22(14-12-21)29(31)32/h1-14,23H,15-18H2,(H,26,33). The number of nitro groups is 1. The maximum atomic E-state index is 13.0. The Hall–Kier alpha value is -3.78. The molecule has 1 saturated heterocycles. The van der Waals surface area contributed by atoms with Gasteiger partial charge in [-0.25, -0.2) is 0 Å². The van der Waals surface area contributed by atoms with Gasteiger partial charge in [0.1, 0.15) is 0 Å². The Labute approximate surface area is 197 Å². The van der Waals surface area contributed by atoms with E-state index in [9.17, 15) is 14.9 Å². The molecule has 0 spiro atoms. The van der Waals surface area contributed by atoms with Crippen molar-refractivity contribution in [2.45, 2.75) is 12.5 Å². The van der Waals surface area contributed by atoms with Crippen molar-refractivity contribution < 1.29 is 9.72 Å². The molecule has 3 aromatic rings. The molecule has 0 bridgehead atoms. The summed E-state index contributed by atoms with van der Waals surface area (Å²) >= 11 is 5.70. The van der Waals surface area contributed by atoms with Crippen LogP contribution in [0.4, 0.5) is 11.4 Å². The number of carbonyl (C=O) groups excluding carboxylic acids is 1. The Morgan fingerprint density at radius 3 is 2.24 bits per heavy atom. The van der Waals surface area contributed by atoms with Crippen LogP contribution in [-0.4, -0.2) is 45.4 Å². The maximum Gasteiger partial charge on any atom is 0.269 e. The molecule has 1 aliphatic heterocycles. The van der Waals surface area contributed by atoms with Crippen LogP contribution in [0.3, 0.4) is 0 Å². The fourth-order valence-electron chi connectivity index (χ4n) is 3.96. The van der Waals surface area contributed by atoms with E-state index in [-0.39, 0.29) is 17.6 Å². The Kier molecular flexibility index (Phi) is 6.95. The van der Waals surface area contributed by atoms with Crippen molar-refractivity contribution in [2.75, 3.05) is 25.0 Å². The molecule has 4 rings (SSSR count). The highest BCUT2D eigenvalue weighted by Gasteiger charge is 2.32. The molecule has 1 fully saturated rings. The van der Waals surface area contributed by atoms with Gasteiger partial charge in [0.05, 0.1) is 17.4 Å². The Morgan fingerprint density at radius 2 is 1.61 bits per heavy atom. The lowest BCUT2D eigenvalue weighted by Gasteiger charge is -2.43. The number of nitrogens with one attached hydrogen (secondary N) is 1. The van der Waals surface area contributed by atoms with Crippen molar-refractivity contribution in [3.05, 3.63) is 106 Å². The molecule has 1 N–H and O–H groups in total. The molecule has 3 aromatic carbocycles. The van der Waals surface area contributed by atoms with Crippen LogP contribution in [-0.2, 0) is 11.2 Å². The number of nitrogens with zero attached hydrogens (tertiary/aromatic N) is 3. The van der Waals surface area contributed by atoms with Gasteiger partial charge in [-0.3, -0.25) is 14.9 Å². The zero-order valence-corrected chi connectivity index (χ0v) is 18.8. The molecule has 0 aliphatic carbocycles. The minimum Gasteiger partial charge on any atom is -0.338 e. The normalized spacial score (nSPS) is 15.7. The number of hydrogen-bond donors (Lipinski definition) is 1. The summed E-state index contributed by atoms with van der Waals surface area (Å²) in [5.41, 5.74) is 2.78. The smallest absolute Gasteiger partial charge is 0.269 e. The topological polar surface area (TPSA) is 78.7 Å². The molecule has 7 nitrogen and oxygen atoms in total. The molecule has 168 valence electrons. The molecule has 0 radical (unpaired) electrons. The Bertz CT molecular complexity index is 1120. The van der Waals surface area contributed by atoms with Gasteiger partial charge in [-0.15, -0.1) is 0 Å². The highest BCUT2D eigenvalue weighted by molar-refractivity contribution is 7.80. The van der Waals surface area contributed by atoms with E-state index in [4.69, 9.17) is 12.2 Å². The van der Waals surface area contributed by atoms with E-state index < -0.39 is 4.92 Å². The average molecular weight is 461 g/mol. The van der Waals surface area contributed by atoms with Gasteiger partial charge >= 0.3 is 0 Å². The second kappa shape index (κ2) is 10.2. The van der Waals surface area contributed by atoms with Gasteiger partial charge in [0.15, 0.2) is 5.11 Å². The first kappa shape index (κ1) is 22.4. The van der Waals surface area contributed by atoms with Gasteiger partial charge in [-0.1, -0.05) is 60.7 Å². The molecule has 1 atom stereocenters. The number of benzene rings is 3. The molecule has 1 heterocycles.